The van der Waals surface area contributed by atoms with Crippen molar-refractivity contribution < 1.29 is 19.1 Å². The summed E-state index contributed by atoms with van der Waals surface area (Å²) in [7, 11) is 0. The van der Waals surface area contributed by atoms with Crippen molar-refractivity contribution in [2.45, 2.75) is 32.2 Å². The summed E-state index contributed by atoms with van der Waals surface area (Å²) < 4.78 is 5.25. The molecule has 0 saturated carbocycles. The third kappa shape index (κ3) is 3.72. The van der Waals surface area contributed by atoms with Crippen molar-refractivity contribution in [3.05, 3.63) is 29.8 Å². The minimum atomic E-state index is -0.472. The number of para-hydroxylation sites is 1. The van der Waals surface area contributed by atoms with Gasteiger partial charge in [0.15, 0.2) is 0 Å². The second kappa shape index (κ2) is 8.31. The molecule has 2 aliphatic heterocycles. The molecular formula is C19H25N3O4. The number of hydrogen-bond acceptors (Lipinski definition) is 4. The fourth-order valence-electron chi connectivity index (χ4n) is 3.52. The maximum absolute atomic E-state index is 13.0. The van der Waals surface area contributed by atoms with E-state index in [0.717, 1.165) is 12.8 Å². The van der Waals surface area contributed by atoms with Gasteiger partial charge in [-0.2, -0.15) is 0 Å². The first kappa shape index (κ1) is 18.4. The Morgan fingerprint density at radius 1 is 1.31 bits per heavy atom. The Balaban J connectivity index is 1.74. The lowest BCUT2D eigenvalue weighted by Crippen LogP contribution is -2.48. The number of fused-ring (bicyclic) bond motifs is 2. The Morgan fingerprint density at radius 3 is 2.92 bits per heavy atom. The molecule has 0 spiro atoms. The molecule has 1 aromatic carbocycles. The molecule has 2 heterocycles. The van der Waals surface area contributed by atoms with Crippen LogP contribution in [-0.4, -0.2) is 61.5 Å². The van der Waals surface area contributed by atoms with Gasteiger partial charge in [-0.3, -0.25) is 14.4 Å². The Morgan fingerprint density at radius 2 is 2.12 bits per heavy atom. The van der Waals surface area contributed by atoms with E-state index in [1.54, 1.807) is 29.2 Å². The van der Waals surface area contributed by atoms with Gasteiger partial charge >= 0.3 is 0 Å². The molecule has 1 saturated heterocycles. The lowest BCUT2D eigenvalue weighted by Gasteiger charge is -2.25. The Labute approximate surface area is 153 Å². The Kier molecular flexibility index (Phi) is 5.88. The summed E-state index contributed by atoms with van der Waals surface area (Å²) in [5, 5.41) is 2.82. The summed E-state index contributed by atoms with van der Waals surface area (Å²) in [6, 6.07) is 6.54. The summed E-state index contributed by atoms with van der Waals surface area (Å²) in [6.45, 7) is 4.17. The predicted molar refractivity (Wildman–Crippen MR) is 97.0 cm³/mol. The summed E-state index contributed by atoms with van der Waals surface area (Å²) in [4.78, 5) is 41.3. The highest BCUT2D eigenvalue weighted by Gasteiger charge is 2.42. The van der Waals surface area contributed by atoms with Crippen LogP contribution in [0.2, 0.25) is 0 Å². The van der Waals surface area contributed by atoms with Crippen molar-refractivity contribution in [3.8, 4) is 0 Å². The van der Waals surface area contributed by atoms with Crippen LogP contribution in [0.5, 0.6) is 0 Å². The van der Waals surface area contributed by atoms with Gasteiger partial charge in [0.2, 0.25) is 11.8 Å². The molecule has 2 aliphatic rings. The van der Waals surface area contributed by atoms with Gasteiger partial charge < -0.3 is 19.9 Å². The average molecular weight is 359 g/mol. The second-order valence-electron chi connectivity index (χ2n) is 6.50. The first-order valence-corrected chi connectivity index (χ1v) is 9.19. The molecule has 0 aromatic heterocycles. The number of anilines is 1. The molecule has 3 rings (SSSR count). The minimum absolute atomic E-state index is 0.0812. The molecule has 26 heavy (non-hydrogen) atoms. The van der Waals surface area contributed by atoms with Gasteiger partial charge in [0.25, 0.3) is 5.91 Å². The van der Waals surface area contributed by atoms with Crippen LogP contribution in [0.25, 0.3) is 0 Å². The van der Waals surface area contributed by atoms with Crippen LogP contribution in [-0.2, 0) is 14.3 Å². The van der Waals surface area contributed by atoms with Crippen LogP contribution in [0.4, 0.5) is 5.69 Å². The predicted octanol–water partition coefficient (Wildman–Crippen LogP) is 1.18. The van der Waals surface area contributed by atoms with Gasteiger partial charge in [0.1, 0.15) is 12.6 Å². The van der Waals surface area contributed by atoms with E-state index in [1.807, 2.05) is 6.92 Å². The number of ether oxygens (including phenoxy) is 1. The normalized spacial score (nSPS) is 19.2. The molecule has 1 N–H and O–H groups in total. The van der Waals surface area contributed by atoms with Crippen molar-refractivity contribution in [1.29, 1.82) is 0 Å². The summed E-state index contributed by atoms with van der Waals surface area (Å²) in [5.41, 5.74) is 0.996. The molecule has 0 radical (unpaired) electrons. The summed E-state index contributed by atoms with van der Waals surface area (Å²) in [6.07, 6.45) is 2.17. The molecule has 1 atom stereocenters. The molecule has 0 unspecified atom stereocenters. The van der Waals surface area contributed by atoms with Crippen molar-refractivity contribution in [2.75, 3.05) is 37.7 Å². The highest BCUT2D eigenvalue weighted by molar-refractivity contribution is 6.12. The minimum Gasteiger partial charge on any atom is -0.382 e. The molecule has 0 aliphatic carbocycles. The maximum atomic E-state index is 13.0. The number of amides is 3. The highest BCUT2D eigenvalue weighted by atomic mass is 16.5. The van der Waals surface area contributed by atoms with Gasteiger partial charge in [-0.25, -0.2) is 0 Å². The molecular weight excluding hydrogens is 334 g/mol. The summed E-state index contributed by atoms with van der Waals surface area (Å²) in [5.74, 6) is -0.537. The number of nitrogens with one attached hydrogen (secondary N) is 1. The molecule has 3 amide bonds. The number of carbonyl (C=O) groups excluding carboxylic acids is 3. The second-order valence-corrected chi connectivity index (χ2v) is 6.50. The molecule has 1 aromatic rings. The van der Waals surface area contributed by atoms with Gasteiger partial charge in [-0.15, -0.1) is 0 Å². The fourth-order valence-corrected chi connectivity index (χ4v) is 3.52. The highest BCUT2D eigenvalue weighted by Crippen LogP contribution is 2.32. The van der Waals surface area contributed by atoms with Crippen molar-refractivity contribution >= 4 is 23.4 Å². The zero-order valence-electron chi connectivity index (χ0n) is 15.1. The topological polar surface area (TPSA) is 79.0 Å². The standard InChI is InChI=1S/C19H25N3O4/c1-2-26-12-6-10-20-17(23)13-22-15-8-4-3-7-14(15)18(24)21-11-5-9-16(21)19(22)25/h3-4,7-8,16H,2,5-6,9-13H2,1H3,(H,20,23)/t16-/m0/s1. The van der Waals surface area contributed by atoms with Crippen LogP contribution >= 0.6 is 0 Å². The smallest absolute Gasteiger partial charge is 0.256 e. The van der Waals surface area contributed by atoms with E-state index in [4.69, 9.17) is 4.74 Å². The Hall–Kier alpha value is -2.41. The molecule has 7 nitrogen and oxygen atoms in total. The zero-order valence-corrected chi connectivity index (χ0v) is 15.1. The van der Waals surface area contributed by atoms with Crippen LogP contribution in [0.1, 0.15) is 36.5 Å². The molecule has 140 valence electrons. The fraction of sp³-hybridized carbons (Fsp3) is 0.526. The van der Waals surface area contributed by atoms with E-state index in [2.05, 4.69) is 5.32 Å². The van der Waals surface area contributed by atoms with Crippen LogP contribution in [0.15, 0.2) is 24.3 Å². The number of benzene rings is 1. The number of nitrogens with zero attached hydrogens (tertiary/aromatic N) is 2. The molecule has 0 bridgehead atoms. The van der Waals surface area contributed by atoms with E-state index in [-0.39, 0.29) is 24.3 Å². The lowest BCUT2D eigenvalue weighted by molar-refractivity contribution is -0.125. The lowest BCUT2D eigenvalue weighted by atomic mass is 10.1. The first-order chi connectivity index (χ1) is 12.6. The van der Waals surface area contributed by atoms with Crippen LogP contribution in [0, 0.1) is 0 Å². The SMILES string of the molecule is CCOCCCNC(=O)CN1C(=O)[C@@H]2CCCN2C(=O)c2ccccc21. The number of rotatable bonds is 7. The van der Waals surface area contributed by atoms with Gasteiger partial charge in [-0.1, -0.05) is 12.1 Å². The van der Waals surface area contributed by atoms with E-state index in [0.29, 0.717) is 44.0 Å². The molecule has 1 fully saturated rings. The average Bonchev–Trinajstić information content (AvgIpc) is 3.12. The van der Waals surface area contributed by atoms with E-state index < -0.39 is 6.04 Å². The van der Waals surface area contributed by atoms with Crippen molar-refractivity contribution in [2.24, 2.45) is 0 Å². The third-order valence-electron chi connectivity index (χ3n) is 4.78. The first-order valence-electron chi connectivity index (χ1n) is 9.19. The number of hydrogen-bond donors (Lipinski definition) is 1. The van der Waals surface area contributed by atoms with E-state index >= 15 is 0 Å². The van der Waals surface area contributed by atoms with Crippen LogP contribution < -0.4 is 10.2 Å². The van der Waals surface area contributed by atoms with Crippen molar-refractivity contribution in [3.63, 3.8) is 0 Å². The quantitative estimate of drug-likeness (QED) is 0.742. The molecule has 7 heteroatoms. The summed E-state index contributed by atoms with van der Waals surface area (Å²) >= 11 is 0. The largest absolute Gasteiger partial charge is 0.382 e. The number of carbonyl (C=O) groups is 3. The van der Waals surface area contributed by atoms with Crippen LogP contribution in [0.3, 0.4) is 0 Å². The van der Waals surface area contributed by atoms with Crippen molar-refractivity contribution in [1.82, 2.24) is 10.2 Å². The Bertz CT molecular complexity index is 691. The maximum Gasteiger partial charge on any atom is 0.256 e. The monoisotopic (exact) mass is 359 g/mol. The zero-order chi connectivity index (χ0) is 18.5. The van der Waals surface area contributed by atoms with E-state index in [9.17, 15) is 14.4 Å². The van der Waals surface area contributed by atoms with Gasteiger partial charge in [-0.05, 0) is 38.3 Å². The van der Waals surface area contributed by atoms with Gasteiger partial charge in [0, 0.05) is 26.3 Å². The van der Waals surface area contributed by atoms with Gasteiger partial charge in [0.05, 0.1) is 11.3 Å². The third-order valence-corrected chi connectivity index (χ3v) is 4.78. The van der Waals surface area contributed by atoms with E-state index in [1.165, 1.54) is 4.90 Å².